The molecule has 0 radical (unpaired) electrons. The van der Waals surface area contributed by atoms with Crippen molar-refractivity contribution in [1.29, 1.82) is 0 Å². The number of aliphatic imine (C=N–C) groups is 1. The lowest BCUT2D eigenvalue weighted by atomic mass is 9.94. The van der Waals surface area contributed by atoms with Crippen LogP contribution in [0.15, 0.2) is 35.3 Å². The van der Waals surface area contributed by atoms with E-state index in [0.717, 1.165) is 40.8 Å². The summed E-state index contributed by atoms with van der Waals surface area (Å²) in [6, 6.07) is 10.0. The van der Waals surface area contributed by atoms with E-state index in [0.29, 0.717) is 43.5 Å². The normalized spacial score (nSPS) is 15.5. The van der Waals surface area contributed by atoms with Crippen molar-refractivity contribution in [3.8, 4) is 11.5 Å². The molecule has 1 saturated carbocycles. The Balaban J connectivity index is 1.28. The Hall–Kier alpha value is -3.55. The SMILES string of the molecule is Cc1cc(C)c(OC(=O)CN2Cc3cc(OCCCC(=O)N(C)C4CCCCC4)ccc3N=C2N)c(C)c1. The number of nitrogens with two attached hydrogens (primary N) is 1. The first kappa shape index (κ1) is 27.5. The fourth-order valence-corrected chi connectivity index (χ4v) is 5.40. The van der Waals surface area contributed by atoms with Gasteiger partial charge in [-0.3, -0.25) is 4.79 Å². The van der Waals surface area contributed by atoms with Crippen LogP contribution in [0.3, 0.4) is 0 Å². The molecule has 1 aliphatic carbocycles. The molecule has 1 amide bonds. The average molecular weight is 521 g/mol. The van der Waals surface area contributed by atoms with Gasteiger partial charge in [0.1, 0.15) is 18.0 Å². The van der Waals surface area contributed by atoms with Gasteiger partial charge in [-0.2, -0.15) is 0 Å². The van der Waals surface area contributed by atoms with Crippen molar-refractivity contribution in [2.45, 2.75) is 78.3 Å². The number of carbonyl (C=O) groups is 2. The van der Waals surface area contributed by atoms with E-state index in [-0.39, 0.29) is 18.4 Å². The second-order valence-corrected chi connectivity index (χ2v) is 10.6. The molecule has 204 valence electrons. The summed E-state index contributed by atoms with van der Waals surface area (Å²) in [5.74, 6) is 1.38. The summed E-state index contributed by atoms with van der Waals surface area (Å²) in [5.41, 5.74) is 10.8. The lowest BCUT2D eigenvalue weighted by Gasteiger charge is -2.31. The molecule has 4 rings (SSSR count). The third-order valence-electron chi connectivity index (χ3n) is 7.43. The minimum absolute atomic E-state index is 0.0107. The number of amides is 1. The lowest BCUT2D eigenvalue weighted by Crippen LogP contribution is -2.42. The van der Waals surface area contributed by atoms with E-state index < -0.39 is 5.97 Å². The predicted molar refractivity (Wildman–Crippen MR) is 149 cm³/mol. The van der Waals surface area contributed by atoms with Crippen LogP contribution in [0.4, 0.5) is 5.69 Å². The van der Waals surface area contributed by atoms with Gasteiger partial charge in [0, 0.05) is 31.6 Å². The van der Waals surface area contributed by atoms with Crippen molar-refractivity contribution in [3.05, 3.63) is 52.6 Å². The molecule has 0 bridgehead atoms. The van der Waals surface area contributed by atoms with E-state index in [1.165, 1.54) is 19.3 Å². The third-order valence-corrected chi connectivity index (χ3v) is 7.43. The Morgan fingerprint density at radius 1 is 1.08 bits per heavy atom. The van der Waals surface area contributed by atoms with Gasteiger partial charge >= 0.3 is 5.97 Å². The van der Waals surface area contributed by atoms with Gasteiger partial charge in [0.25, 0.3) is 0 Å². The first-order valence-corrected chi connectivity index (χ1v) is 13.6. The van der Waals surface area contributed by atoms with Crippen LogP contribution in [0, 0.1) is 20.8 Å². The average Bonchev–Trinajstić information content (AvgIpc) is 2.89. The van der Waals surface area contributed by atoms with Crippen molar-refractivity contribution in [2.24, 2.45) is 10.7 Å². The van der Waals surface area contributed by atoms with Crippen LogP contribution in [0.25, 0.3) is 0 Å². The van der Waals surface area contributed by atoms with Gasteiger partial charge in [-0.15, -0.1) is 0 Å². The molecule has 1 fully saturated rings. The maximum atomic E-state index is 12.7. The number of carbonyl (C=O) groups excluding carboxylic acids is 2. The van der Waals surface area contributed by atoms with E-state index in [9.17, 15) is 9.59 Å². The minimum atomic E-state index is -0.392. The minimum Gasteiger partial charge on any atom is -0.494 e. The number of nitrogens with zero attached hydrogens (tertiary/aromatic N) is 3. The Morgan fingerprint density at radius 3 is 2.50 bits per heavy atom. The van der Waals surface area contributed by atoms with E-state index in [4.69, 9.17) is 15.2 Å². The summed E-state index contributed by atoms with van der Waals surface area (Å²) in [6.45, 7) is 6.75. The molecule has 1 heterocycles. The number of benzene rings is 2. The maximum Gasteiger partial charge on any atom is 0.331 e. The molecule has 8 nitrogen and oxygen atoms in total. The largest absolute Gasteiger partial charge is 0.494 e. The molecule has 38 heavy (non-hydrogen) atoms. The molecule has 0 atom stereocenters. The first-order chi connectivity index (χ1) is 18.2. The monoisotopic (exact) mass is 520 g/mol. The smallest absolute Gasteiger partial charge is 0.331 e. The summed E-state index contributed by atoms with van der Waals surface area (Å²) < 4.78 is 11.6. The molecular formula is C30H40N4O4. The van der Waals surface area contributed by atoms with Crippen LogP contribution in [0.5, 0.6) is 11.5 Å². The fourth-order valence-electron chi connectivity index (χ4n) is 5.40. The second kappa shape index (κ2) is 12.3. The summed E-state index contributed by atoms with van der Waals surface area (Å²) in [6.07, 6.45) is 7.07. The van der Waals surface area contributed by atoms with Gasteiger partial charge in [-0.25, -0.2) is 9.79 Å². The zero-order valence-corrected chi connectivity index (χ0v) is 23.1. The molecule has 0 aromatic heterocycles. The van der Waals surface area contributed by atoms with Crippen molar-refractivity contribution < 1.29 is 19.1 Å². The molecule has 1 aliphatic heterocycles. The number of ether oxygens (including phenoxy) is 2. The number of rotatable bonds is 9. The number of hydrogen-bond donors (Lipinski definition) is 1. The molecule has 0 unspecified atom stereocenters. The van der Waals surface area contributed by atoms with Crippen LogP contribution in [0.2, 0.25) is 0 Å². The number of hydrogen-bond acceptors (Lipinski definition) is 7. The molecule has 0 spiro atoms. The zero-order valence-electron chi connectivity index (χ0n) is 23.1. The summed E-state index contributed by atoms with van der Waals surface area (Å²) >= 11 is 0. The Bertz CT molecular complexity index is 1180. The van der Waals surface area contributed by atoms with Crippen molar-refractivity contribution in [1.82, 2.24) is 9.80 Å². The van der Waals surface area contributed by atoms with Crippen LogP contribution in [-0.2, 0) is 16.1 Å². The van der Waals surface area contributed by atoms with Crippen LogP contribution >= 0.6 is 0 Å². The van der Waals surface area contributed by atoms with Crippen LogP contribution in [0.1, 0.15) is 67.2 Å². The molecule has 2 N–H and O–H groups in total. The van der Waals surface area contributed by atoms with Crippen molar-refractivity contribution in [3.63, 3.8) is 0 Å². The van der Waals surface area contributed by atoms with Crippen LogP contribution in [-0.4, -0.2) is 53.9 Å². The zero-order chi connectivity index (χ0) is 27.2. The Kier molecular flexibility index (Phi) is 8.92. The third kappa shape index (κ3) is 6.85. The highest BCUT2D eigenvalue weighted by atomic mass is 16.5. The van der Waals surface area contributed by atoms with Gasteiger partial charge in [0.15, 0.2) is 5.96 Å². The highest BCUT2D eigenvalue weighted by Gasteiger charge is 2.23. The van der Waals surface area contributed by atoms with E-state index >= 15 is 0 Å². The topological polar surface area (TPSA) is 97.5 Å². The Morgan fingerprint density at radius 2 is 1.79 bits per heavy atom. The van der Waals surface area contributed by atoms with Crippen LogP contribution < -0.4 is 15.2 Å². The highest BCUT2D eigenvalue weighted by Crippen LogP contribution is 2.30. The Labute approximate surface area is 225 Å². The predicted octanol–water partition coefficient (Wildman–Crippen LogP) is 4.93. The van der Waals surface area contributed by atoms with E-state index in [1.807, 2.05) is 63.1 Å². The molecule has 2 aliphatic rings. The van der Waals surface area contributed by atoms with Gasteiger partial charge < -0.3 is 25.0 Å². The number of aryl methyl sites for hydroxylation is 3. The molecule has 2 aromatic rings. The molecular weight excluding hydrogens is 480 g/mol. The second-order valence-electron chi connectivity index (χ2n) is 10.6. The van der Waals surface area contributed by atoms with Gasteiger partial charge in [-0.05, 0) is 69.4 Å². The lowest BCUT2D eigenvalue weighted by molar-refractivity contribution is -0.135. The van der Waals surface area contributed by atoms with Crippen molar-refractivity contribution >= 4 is 23.5 Å². The fraction of sp³-hybridized carbons (Fsp3) is 0.500. The van der Waals surface area contributed by atoms with Crippen molar-refractivity contribution in [2.75, 3.05) is 20.2 Å². The van der Waals surface area contributed by atoms with E-state index in [1.54, 1.807) is 4.90 Å². The number of fused-ring (bicyclic) bond motifs is 1. The number of guanidine groups is 1. The first-order valence-electron chi connectivity index (χ1n) is 13.6. The quantitative estimate of drug-likeness (QED) is 0.286. The van der Waals surface area contributed by atoms with Gasteiger partial charge in [0.05, 0.1) is 12.3 Å². The summed E-state index contributed by atoms with van der Waals surface area (Å²) in [7, 11) is 1.93. The highest BCUT2D eigenvalue weighted by molar-refractivity contribution is 5.87. The summed E-state index contributed by atoms with van der Waals surface area (Å²) in [5, 5.41) is 0. The molecule has 0 saturated heterocycles. The van der Waals surface area contributed by atoms with E-state index in [2.05, 4.69) is 4.99 Å². The summed E-state index contributed by atoms with van der Waals surface area (Å²) in [4.78, 5) is 33.4. The van der Waals surface area contributed by atoms with Gasteiger partial charge in [-0.1, -0.05) is 37.0 Å². The standard InChI is InChI=1S/C30H40N4O4/c1-20-15-21(2)29(22(3)16-20)38-28(36)19-34-18-23-17-25(12-13-26(23)32-30(34)31)37-14-8-11-27(35)33(4)24-9-6-5-7-10-24/h12-13,15-17,24H,5-11,14,18-19H2,1-4H3,(H2,31,32). The molecule has 2 aromatic carbocycles. The number of esters is 1. The van der Waals surface area contributed by atoms with Gasteiger partial charge in [0.2, 0.25) is 5.91 Å². The molecule has 8 heteroatoms. The maximum absolute atomic E-state index is 12.7.